The molecule has 7 nitrogen and oxygen atoms in total. The van der Waals surface area contributed by atoms with Crippen LogP contribution < -0.4 is 27.1 Å². The van der Waals surface area contributed by atoms with Gasteiger partial charge in [0.2, 0.25) is 11.7 Å². The highest BCUT2D eigenvalue weighted by Crippen LogP contribution is 2.43. The van der Waals surface area contributed by atoms with Crippen LogP contribution in [0.15, 0.2) is 41.4 Å². The lowest BCUT2D eigenvalue weighted by molar-refractivity contribution is -0.139. The Hall–Kier alpha value is -2.45. The van der Waals surface area contributed by atoms with Crippen LogP contribution in [0, 0.1) is 0 Å². The third-order valence-corrected chi connectivity index (χ3v) is 6.43. The zero-order valence-electron chi connectivity index (χ0n) is 19.8. The second-order valence-corrected chi connectivity index (χ2v) is 9.37. The van der Waals surface area contributed by atoms with Crippen LogP contribution in [0.3, 0.4) is 0 Å². The summed E-state index contributed by atoms with van der Waals surface area (Å²) in [4.78, 5) is 5.60. The van der Waals surface area contributed by atoms with Crippen molar-refractivity contribution in [3.8, 4) is 16.9 Å². The molecule has 2 aliphatic heterocycles. The number of hydrogen-bond donors (Lipinski definition) is 4. The number of piperidine rings is 1. The molecule has 15 heteroatoms. The van der Waals surface area contributed by atoms with Gasteiger partial charge in [0, 0.05) is 29.2 Å². The van der Waals surface area contributed by atoms with E-state index < -0.39 is 30.1 Å². The van der Waals surface area contributed by atoms with Gasteiger partial charge in [-0.15, -0.1) is 12.4 Å². The van der Waals surface area contributed by atoms with Gasteiger partial charge in [-0.05, 0) is 49.2 Å². The summed E-state index contributed by atoms with van der Waals surface area (Å²) in [6.45, 7) is 0.780. The normalized spacial score (nSPS) is 22.4. The van der Waals surface area contributed by atoms with E-state index in [1.54, 1.807) is 4.90 Å². The summed E-state index contributed by atoms with van der Waals surface area (Å²) >= 11 is 6.32. The van der Waals surface area contributed by atoms with Crippen molar-refractivity contribution in [2.75, 3.05) is 19.6 Å². The Morgan fingerprint density at radius 1 is 1.13 bits per heavy atom. The minimum absolute atomic E-state index is 0. The van der Waals surface area contributed by atoms with E-state index in [0.717, 1.165) is 6.07 Å². The smallest absolute Gasteiger partial charge is 0.417 e. The molecule has 0 spiro atoms. The lowest BCUT2D eigenvalue weighted by Gasteiger charge is -2.33. The first-order valence-corrected chi connectivity index (χ1v) is 11.8. The summed E-state index contributed by atoms with van der Waals surface area (Å²) < 4.78 is 85.7. The van der Waals surface area contributed by atoms with Crippen molar-refractivity contribution in [1.29, 1.82) is 0 Å². The highest BCUT2D eigenvalue weighted by Gasteiger charge is 2.39. The number of hydrazine groups is 1. The van der Waals surface area contributed by atoms with Crippen LogP contribution in [0.1, 0.15) is 30.4 Å². The molecule has 1 fully saturated rings. The predicted molar refractivity (Wildman–Crippen MR) is 134 cm³/mol. The summed E-state index contributed by atoms with van der Waals surface area (Å²) in [5.74, 6) is -1.44. The van der Waals surface area contributed by atoms with E-state index >= 15 is 0 Å². The van der Waals surface area contributed by atoms with Gasteiger partial charge < -0.3 is 10.5 Å². The van der Waals surface area contributed by atoms with Gasteiger partial charge in [0.25, 0.3) is 0 Å². The van der Waals surface area contributed by atoms with Crippen LogP contribution in [0.5, 0.6) is 5.75 Å². The molecule has 2 heterocycles. The first-order chi connectivity index (χ1) is 17.2. The van der Waals surface area contributed by atoms with Crippen molar-refractivity contribution in [3.63, 3.8) is 0 Å². The molecule has 0 bridgehead atoms. The molecule has 1 saturated heterocycles. The van der Waals surface area contributed by atoms with E-state index in [1.807, 2.05) is 0 Å². The Labute approximate surface area is 225 Å². The number of alkyl halides is 6. The van der Waals surface area contributed by atoms with Crippen molar-refractivity contribution in [3.05, 3.63) is 52.5 Å². The molecule has 2 aliphatic rings. The summed E-state index contributed by atoms with van der Waals surface area (Å²) in [6, 6.07) is 8.04. The van der Waals surface area contributed by atoms with Gasteiger partial charge in [-0.3, -0.25) is 16.1 Å². The van der Waals surface area contributed by atoms with Gasteiger partial charge in [0.1, 0.15) is 11.9 Å². The largest absolute Gasteiger partial charge is 0.489 e. The molecule has 0 aromatic heterocycles. The highest BCUT2D eigenvalue weighted by molar-refractivity contribution is 6.33. The standard InChI is InChI=1S/C23H25ClF6N6O.ClH/c24-18-11-14(23(32)33-20(31)34-35-23)10-17(22(28,29)30)19(18)13-3-5-15(6-4-13)37-16-2-1-8-36(12-16)9-7-21(25,26)27;/h3-6,10-11,16,35H,1-2,7-9,12,32H2,(H3,31,33,34);1H. The second-order valence-electron chi connectivity index (χ2n) is 8.96. The highest BCUT2D eigenvalue weighted by atomic mass is 35.5. The number of nitrogens with two attached hydrogens (primary N) is 2. The Balaban J connectivity index is 0.00000400. The molecule has 2 aromatic carbocycles. The number of aliphatic imine (C=N–C) groups is 1. The number of halogens is 8. The Bertz CT molecular complexity index is 1160. The van der Waals surface area contributed by atoms with Crippen molar-refractivity contribution < 1.29 is 31.1 Å². The summed E-state index contributed by atoms with van der Waals surface area (Å²) in [7, 11) is 0. The molecular weight excluding hydrogens is 561 g/mol. The molecule has 0 saturated carbocycles. The van der Waals surface area contributed by atoms with Gasteiger partial charge in [0.15, 0.2) is 0 Å². The average molecular weight is 587 g/mol. The molecule has 2 unspecified atom stereocenters. The second kappa shape index (κ2) is 11.3. The van der Waals surface area contributed by atoms with Crippen LogP contribution in [-0.2, 0) is 12.0 Å². The number of rotatable bonds is 6. The van der Waals surface area contributed by atoms with Crippen molar-refractivity contribution in [2.24, 2.45) is 16.5 Å². The number of ether oxygens (including phenoxy) is 1. The van der Waals surface area contributed by atoms with Crippen molar-refractivity contribution >= 4 is 30.0 Å². The van der Waals surface area contributed by atoms with E-state index in [2.05, 4.69) is 15.8 Å². The summed E-state index contributed by atoms with van der Waals surface area (Å²) in [5.41, 5.74) is 15.5. The molecule has 2 atom stereocenters. The zero-order valence-corrected chi connectivity index (χ0v) is 21.4. The maximum absolute atomic E-state index is 14.0. The molecular formula is C23H26Cl2F6N6O. The van der Waals surface area contributed by atoms with Crippen LogP contribution in [0.25, 0.3) is 11.1 Å². The Morgan fingerprint density at radius 2 is 1.82 bits per heavy atom. The van der Waals surface area contributed by atoms with E-state index in [-0.39, 0.29) is 52.7 Å². The lowest BCUT2D eigenvalue weighted by atomic mass is 9.95. The molecule has 210 valence electrons. The first-order valence-electron chi connectivity index (χ1n) is 11.4. The number of nitrogens with zero attached hydrogens (tertiary/aromatic N) is 2. The summed E-state index contributed by atoms with van der Waals surface area (Å²) in [5, 5.41) is -0.196. The average Bonchev–Trinajstić information content (AvgIpc) is 3.17. The minimum Gasteiger partial charge on any atom is -0.489 e. The lowest BCUT2D eigenvalue weighted by Crippen LogP contribution is -2.50. The zero-order chi connectivity index (χ0) is 27.0. The molecule has 0 aliphatic carbocycles. The fourth-order valence-corrected chi connectivity index (χ4v) is 4.70. The predicted octanol–water partition coefficient (Wildman–Crippen LogP) is 4.73. The maximum atomic E-state index is 14.0. The van der Waals surface area contributed by atoms with Gasteiger partial charge in [-0.1, -0.05) is 23.7 Å². The molecule has 0 amide bonds. The van der Waals surface area contributed by atoms with E-state index in [0.29, 0.717) is 31.7 Å². The number of nitrogens with one attached hydrogen (secondary N) is 2. The van der Waals surface area contributed by atoms with Gasteiger partial charge in [-0.2, -0.15) is 31.8 Å². The van der Waals surface area contributed by atoms with E-state index in [9.17, 15) is 26.3 Å². The molecule has 2 aromatic rings. The fourth-order valence-electron chi connectivity index (χ4n) is 4.38. The number of guanidine groups is 1. The SMILES string of the molecule is Cl.NC1=NC(N)(c2cc(Cl)c(-c3ccc(OC4CCCN(CCC(F)(F)F)C4)cc3)c(C(F)(F)F)c2)NN1. The Kier molecular flexibility index (Phi) is 8.98. The monoisotopic (exact) mass is 586 g/mol. The van der Waals surface area contributed by atoms with E-state index in [4.69, 9.17) is 27.8 Å². The van der Waals surface area contributed by atoms with Crippen molar-refractivity contribution in [1.82, 2.24) is 15.8 Å². The van der Waals surface area contributed by atoms with Crippen LogP contribution in [0.4, 0.5) is 26.3 Å². The number of benzene rings is 2. The van der Waals surface area contributed by atoms with E-state index in [1.165, 1.54) is 30.3 Å². The minimum atomic E-state index is -4.76. The third kappa shape index (κ3) is 7.14. The van der Waals surface area contributed by atoms with Crippen molar-refractivity contribution in [2.45, 2.75) is 43.5 Å². The van der Waals surface area contributed by atoms with Crippen LogP contribution >= 0.6 is 24.0 Å². The van der Waals surface area contributed by atoms with Gasteiger partial charge in [0.05, 0.1) is 12.0 Å². The van der Waals surface area contributed by atoms with Gasteiger partial charge in [-0.25, -0.2) is 4.99 Å². The molecule has 4 rings (SSSR count). The molecule has 6 N–H and O–H groups in total. The molecule has 0 radical (unpaired) electrons. The Morgan fingerprint density at radius 3 is 2.39 bits per heavy atom. The summed E-state index contributed by atoms with van der Waals surface area (Å²) in [6.07, 6.45) is -8.87. The molecule has 38 heavy (non-hydrogen) atoms. The fraction of sp³-hybridized carbons (Fsp3) is 0.435. The van der Waals surface area contributed by atoms with Gasteiger partial charge >= 0.3 is 12.4 Å². The first kappa shape index (κ1) is 30.1. The number of likely N-dealkylation sites (tertiary alicyclic amines) is 1. The number of hydrogen-bond acceptors (Lipinski definition) is 7. The maximum Gasteiger partial charge on any atom is 0.417 e. The quantitative estimate of drug-likeness (QED) is 0.365. The van der Waals surface area contributed by atoms with Crippen LogP contribution in [0.2, 0.25) is 5.02 Å². The van der Waals surface area contributed by atoms with Crippen LogP contribution in [-0.4, -0.2) is 42.8 Å². The third-order valence-electron chi connectivity index (χ3n) is 6.13. The topological polar surface area (TPSA) is 101 Å².